The summed E-state index contributed by atoms with van der Waals surface area (Å²) in [6, 6.07) is 6.45. The van der Waals surface area contributed by atoms with Gasteiger partial charge in [0.1, 0.15) is 5.75 Å². The molecule has 0 bridgehead atoms. The van der Waals surface area contributed by atoms with E-state index in [1.165, 1.54) is 22.3 Å². The number of pyridine rings is 1. The number of rotatable bonds is 4. The zero-order valence-electron chi connectivity index (χ0n) is 12.8. The van der Waals surface area contributed by atoms with Crippen LogP contribution in [0.4, 0.5) is 0 Å². The van der Waals surface area contributed by atoms with Crippen LogP contribution in [0.3, 0.4) is 0 Å². The summed E-state index contributed by atoms with van der Waals surface area (Å²) in [6.07, 6.45) is 3.73. The number of ether oxygens (including phenoxy) is 1. The SMILES string of the molecule is CNC(c1ccncc1C)c1ccc(C)c(C)c1OC. The molecule has 0 saturated heterocycles. The van der Waals surface area contributed by atoms with Crippen molar-refractivity contribution in [3.63, 3.8) is 0 Å². The highest BCUT2D eigenvalue weighted by molar-refractivity contribution is 5.50. The Bertz CT molecular complexity index is 608. The van der Waals surface area contributed by atoms with Gasteiger partial charge in [-0.15, -0.1) is 0 Å². The van der Waals surface area contributed by atoms with Gasteiger partial charge in [0.15, 0.2) is 0 Å². The fraction of sp³-hybridized carbons (Fsp3) is 0.353. The number of hydrogen-bond acceptors (Lipinski definition) is 3. The average Bonchev–Trinajstić information content (AvgIpc) is 2.45. The second kappa shape index (κ2) is 6.06. The van der Waals surface area contributed by atoms with Gasteiger partial charge in [0, 0.05) is 18.0 Å². The molecular formula is C17H22N2O. The molecule has 0 aliphatic rings. The summed E-state index contributed by atoms with van der Waals surface area (Å²) >= 11 is 0. The van der Waals surface area contributed by atoms with Gasteiger partial charge in [-0.1, -0.05) is 12.1 Å². The Morgan fingerprint density at radius 3 is 2.40 bits per heavy atom. The maximum atomic E-state index is 5.65. The lowest BCUT2D eigenvalue weighted by Gasteiger charge is -2.23. The first-order chi connectivity index (χ1) is 9.60. The van der Waals surface area contributed by atoms with Crippen LogP contribution in [0.2, 0.25) is 0 Å². The number of aromatic nitrogens is 1. The second-order valence-corrected chi connectivity index (χ2v) is 5.08. The molecule has 20 heavy (non-hydrogen) atoms. The van der Waals surface area contributed by atoms with E-state index in [-0.39, 0.29) is 6.04 Å². The summed E-state index contributed by atoms with van der Waals surface area (Å²) in [5.74, 6) is 0.959. The van der Waals surface area contributed by atoms with E-state index in [0.29, 0.717) is 0 Å². The third-order valence-electron chi connectivity index (χ3n) is 3.89. The quantitative estimate of drug-likeness (QED) is 0.925. The lowest BCUT2D eigenvalue weighted by atomic mass is 9.93. The zero-order valence-corrected chi connectivity index (χ0v) is 12.8. The monoisotopic (exact) mass is 270 g/mol. The Hall–Kier alpha value is -1.87. The minimum Gasteiger partial charge on any atom is -0.496 e. The molecule has 0 radical (unpaired) electrons. The van der Waals surface area contributed by atoms with Crippen LogP contribution in [0.25, 0.3) is 0 Å². The van der Waals surface area contributed by atoms with Gasteiger partial charge in [-0.05, 0) is 56.1 Å². The second-order valence-electron chi connectivity index (χ2n) is 5.08. The molecule has 0 fully saturated rings. The zero-order chi connectivity index (χ0) is 14.7. The number of nitrogens with one attached hydrogen (secondary N) is 1. The van der Waals surface area contributed by atoms with Gasteiger partial charge < -0.3 is 10.1 Å². The minimum atomic E-state index is 0.104. The first kappa shape index (κ1) is 14.5. The molecule has 3 nitrogen and oxygen atoms in total. The Labute approximate surface area is 121 Å². The maximum Gasteiger partial charge on any atom is 0.127 e. The van der Waals surface area contributed by atoms with Crippen molar-refractivity contribution in [2.24, 2.45) is 0 Å². The molecule has 0 amide bonds. The topological polar surface area (TPSA) is 34.2 Å². The molecule has 106 valence electrons. The predicted molar refractivity (Wildman–Crippen MR) is 82.3 cm³/mol. The molecule has 1 N–H and O–H groups in total. The van der Waals surface area contributed by atoms with Gasteiger partial charge in [-0.2, -0.15) is 0 Å². The third kappa shape index (κ3) is 2.54. The van der Waals surface area contributed by atoms with E-state index in [2.05, 4.69) is 49.3 Å². The fourth-order valence-electron chi connectivity index (χ4n) is 2.60. The van der Waals surface area contributed by atoms with Crippen molar-refractivity contribution in [2.45, 2.75) is 26.8 Å². The summed E-state index contributed by atoms with van der Waals surface area (Å²) in [5.41, 5.74) is 5.99. The third-order valence-corrected chi connectivity index (χ3v) is 3.89. The van der Waals surface area contributed by atoms with Crippen molar-refractivity contribution in [3.05, 3.63) is 58.4 Å². The number of nitrogens with zero attached hydrogens (tertiary/aromatic N) is 1. The molecular weight excluding hydrogens is 248 g/mol. The number of hydrogen-bond donors (Lipinski definition) is 1. The van der Waals surface area contributed by atoms with Crippen LogP contribution in [0.5, 0.6) is 5.75 Å². The molecule has 3 heteroatoms. The highest BCUT2D eigenvalue weighted by Crippen LogP contribution is 2.34. The molecule has 1 unspecified atom stereocenters. The molecule has 0 spiro atoms. The van der Waals surface area contributed by atoms with Gasteiger partial charge >= 0.3 is 0 Å². The van der Waals surface area contributed by atoms with E-state index in [9.17, 15) is 0 Å². The van der Waals surface area contributed by atoms with Crippen LogP contribution >= 0.6 is 0 Å². The predicted octanol–water partition coefficient (Wildman–Crippen LogP) is 3.32. The Morgan fingerprint density at radius 2 is 1.80 bits per heavy atom. The van der Waals surface area contributed by atoms with Crippen molar-refractivity contribution in [1.29, 1.82) is 0 Å². The number of aryl methyl sites for hydroxylation is 2. The molecule has 0 aliphatic carbocycles. The van der Waals surface area contributed by atoms with Gasteiger partial charge in [0.05, 0.1) is 13.2 Å². The van der Waals surface area contributed by atoms with E-state index < -0.39 is 0 Å². The molecule has 1 aromatic heterocycles. The lowest BCUT2D eigenvalue weighted by Crippen LogP contribution is -2.20. The summed E-state index contributed by atoms with van der Waals surface area (Å²) in [7, 11) is 3.70. The molecule has 1 atom stereocenters. The van der Waals surface area contributed by atoms with E-state index in [0.717, 1.165) is 11.3 Å². The fourth-order valence-corrected chi connectivity index (χ4v) is 2.60. The molecule has 0 aliphatic heterocycles. The highest BCUT2D eigenvalue weighted by atomic mass is 16.5. The largest absolute Gasteiger partial charge is 0.496 e. The van der Waals surface area contributed by atoms with Gasteiger partial charge in [-0.25, -0.2) is 0 Å². The first-order valence-corrected chi connectivity index (χ1v) is 6.82. The molecule has 0 saturated carbocycles. The van der Waals surface area contributed by atoms with Gasteiger partial charge in [-0.3, -0.25) is 4.98 Å². The Morgan fingerprint density at radius 1 is 1.05 bits per heavy atom. The Balaban J connectivity index is 2.59. The molecule has 2 rings (SSSR count). The molecule has 2 aromatic rings. The smallest absolute Gasteiger partial charge is 0.127 e. The van der Waals surface area contributed by atoms with Crippen LogP contribution in [-0.2, 0) is 0 Å². The van der Waals surface area contributed by atoms with Crippen LogP contribution in [0, 0.1) is 20.8 Å². The molecule has 1 aromatic carbocycles. The van der Waals surface area contributed by atoms with Crippen molar-refractivity contribution < 1.29 is 4.74 Å². The maximum absolute atomic E-state index is 5.65. The normalized spacial score (nSPS) is 12.2. The summed E-state index contributed by atoms with van der Waals surface area (Å²) < 4.78 is 5.65. The van der Waals surface area contributed by atoms with Crippen molar-refractivity contribution in [3.8, 4) is 5.75 Å². The van der Waals surface area contributed by atoms with Crippen LogP contribution in [0.15, 0.2) is 30.6 Å². The summed E-state index contributed by atoms with van der Waals surface area (Å²) in [4.78, 5) is 4.17. The minimum absolute atomic E-state index is 0.104. The van der Waals surface area contributed by atoms with Crippen LogP contribution in [0.1, 0.15) is 33.9 Å². The van der Waals surface area contributed by atoms with E-state index >= 15 is 0 Å². The van der Waals surface area contributed by atoms with Crippen molar-refractivity contribution >= 4 is 0 Å². The van der Waals surface area contributed by atoms with E-state index in [1.807, 2.05) is 19.4 Å². The molecule has 1 heterocycles. The highest BCUT2D eigenvalue weighted by Gasteiger charge is 2.20. The lowest BCUT2D eigenvalue weighted by molar-refractivity contribution is 0.402. The van der Waals surface area contributed by atoms with Crippen LogP contribution in [-0.4, -0.2) is 19.1 Å². The van der Waals surface area contributed by atoms with Crippen molar-refractivity contribution in [2.75, 3.05) is 14.2 Å². The average molecular weight is 270 g/mol. The van der Waals surface area contributed by atoms with E-state index in [1.54, 1.807) is 7.11 Å². The summed E-state index contributed by atoms with van der Waals surface area (Å²) in [5, 5.41) is 3.39. The number of methoxy groups -OCH3 is 1. The van der Waals surface area contributed by atoms with Crippen LogP contribution < -0.4 is 10.1 Å². The first-order valence-electron chi connectivity index (χ1n) is 6.82. The van der Waals surface area contributed by atoms with Gasteiger partial charge in [0.2, 0.25) is 0 Å². The number of benzene rings is 1. The van der Waals surface area contributed by atoms with Gasteiger partial charge in [0.25, 0.3) is 0 Å². The standard InChI is InChI=1S/C17H22N2O/c1-11-6-7-15(17(20-5)13(11)3)16(18-4)14-8-9-19-10-12(14)2/h6-10,16,18H,1-5H3. The van der Waals surface area contributed by atoms with Crippen molar-refractivity contribution in [1.82, 2.24) is 10.3 Å². The summed E-state index contributed by atoms with van der Waals surface area (Å²) in [6.45, 7) is 6.29. The Kier molecular flexibility index (Phi) is 4.40. The van der Waals surface area contributed by atoms with E-state index in [4.69, 9.17) is 4.74 Å².